The number of hydrazone groups is 1. The summed E-state index contributed by atoms with van der Waals surface area (Å²) >= 11 is 12.1. The molecule has 5 nitrogen and oxygen atoms in total. The lowest BCUT2D eigenvalue weighted by Crippen LogP contribution is -2.32. The Labute approximate surface area is 184 Å². The first-order valence-electron chi connectivity index (χ1n) is 9.21. The maximum atomic E-state index is 12.6. The summed E-state index contributed by atoms with van der Waals surface area (Å²) in [4.78, 5) is 25.0. The molecule has 0 fully saturated rings. The van der Waals surface area contributed by atoms with Crippen LogP contribution in [0.3, 0.4) is 0 Å². The molecular weight excluding hydrogens is 421 g/mol. The Morgan fingerprint density at radius 3 is 2.27 bits per heavy atom. The maximum absolute atomic E-state index is 12.6. The molecule has 3 aromatic rings. The summed E-state index contributed by atoms with van der Waals surface area (Å²) in [6, 6.07) is 22.8. The van der Waals surface area contributed by atoms with Gasteiger partial charge >= 0.3 is 0 Å². The molecule has 0 unspecified atom stereocenters. The number of nitrogens with one attached hydrogen (secondary N) is 2. The van der Waals surface area contributed by atoms with Gasteiger partial charge in [-0.05, 0) is 23.8 Å². The van der Waals surface area contributed by atoms with Crippen LogP contribution < -0.4 is 10.7 Å². The lowest BCUT2D eigenvalue weighted by molar-refractivity contribution is -0.121. The predicted molar refractivity (Wildman–Crippen MR) is 120 cm³/mol. The van der Waals surface area contributed by atoms with Crippen LogP contribution in [0.1, 0.15) is 33.9 Å². The van der Waals surface area contributed by atoms with E-state index in [2.05, 4.69) is 15.8 Å². The zero-order valence-electron chi connectivity index (χ0n) is 15.9. The Kier molecular flexibility index (Phi) is 7.60. The summed E-state index contributed by atoms with van der Waals surface area (Å²) in [7, 11) is 0. The molecular formula is C23H19Cl2N3O2. The van der Waals surface area contributed by atoms with E-state index in [4.69, 9.17) is 23.2 Å². The average Bonchev–Trinajstić information content (AvgIpc) is 2.77. The van der Waals surface area contributed by atoms with Crippen molar-refractivity contribution in [3.05, 3.63) is 106 Å². The fraction of sp³-hybridized carbons (Fsp3) is 0.0870. The minimum atomic E-state index is -0.510. The first-order chi connectivity index (χ1) is 14.5. The number of nitrogens with zero attached hydrogens (tertiary/aromatic N) is 1. The van der Waals surface area contributed by atoms with Crippen molar-refractivity contribution in [2.75, 3.05) is 0 Å². The van der Waals surface area contributed by atoms with E-state index in [1.165, 1.54) is 6.21 Å². The van der Waals surface area contributed by atoms with E-state index in [1.54, 1.807) is 42.5 Å². The minimum absolute atomic E-state index is 0.0171. The summed E-state index contributed by atoms with van der Waals surface area (Å²) in [6.07, 6.45) is 1.44. The SMILES string of the molecule is O=C(C[C@H](NC(=O)c1ccccc1)c1ccccc1)N/N=C\c1cccc(Cl)c1Cl. The Morgan fingerprint density at radius 1 is 0.900 bits per heavy atom. The van der Waals surface area contributed by atoms with Crippen LogP contribution in [0.5, 0.6) is 0 Å². The summed E-state index contributed by atoms with van der Waals surface area (Å²) < 4.78 is 0. The highest BCUT2D eigenvalue weighted by Gasteiger charge is 2.19. The number of hydrogen-bond donors (Lipinski definition) is 2. The summed E-state index contributed by atoms with van der Waals surface area (Å²) in [5.41, 5.74) is 4.39. The van der Waals surface area contributed by atoms with E-state index >= 15 is 0 Å². The quantitative estimate of drug-likeness (QED) is 0.401. The number of hydrogen-bond acceptors (Lipinski definition) is 3. The highest BCUT2D eigenvalue weighted by Crippen LogP contribution is 2.24. The van der Waals surface area contributed by atoms with Crippen LogP contribution in [-0.4, -0.2) is 18.0 Å². The van der Waals surface area contributed by atoms with Crippen molar-refractivity contribution in [3.8, 4) is 0 Å². The normalized spacial score (nSPS) is 11.8. The van der Waals surface area contributed by atoms with E-state index in [0.29, 0.717) is 21.2 Å². The molecule has 1 atom stereocenters. The van der Waals surface area contributed by atoms with Crippen LogP contribution in [0.2, 0.25) is 10.0 Å². The lowest BCUT2D eigenvalue weighted by Gasteiger charge is -2.18. The Balaban J connectivity index is 1.68. The van der Waals surface area contributed by atoms with Crippen molar-refractivity contribution in [2.24, 2.45) is 5.10 Å². The third-order valence-electron chi connectivity index (χ3n) is 4.31. The van der Waals surface area contributed by atoms with E-state index < -0.39 is 6.04 Å². The molecule has 2 N–H and O–H groups in total. The summed E-state index contributed by atoms with van der Waals surface area (Å²) in [6.45, 7) is 0. The van der Waals surface area contributed by atoms with Gasteiger partial charge in [0.25, 0.3) is 5.91 Å². The molecule has 3 rings (SSSR count). The largest absolute Gasteiger partial charge is 0.345 e. The topological polar surface area (TPSA) is 70.6 Å². The van der Waals surface area contributed by atoms with Gasteiger partial charge in [-0.25, -0.2) is 5.43 Å². The fourth-order valence-corrected chi connectivity index (χ4v) is 3.15. The van der Waals surface area contributed by atoms with Crippen molar-refractivity contribution in [1.82, 2.24) is 10.7 Å². The molecule has 0 radical (unpaired) electrons. The third-order valence-corrected chi connectivity index (χ3v) is 5.14. The molecule has 152 valence electrons. The molecule has 0 saturated heterocycles. The van der Waals surface area contributed by atoms with Crippen LogP contribution in [0.4, 0.5) is 0 Å². The van der Waals surface area contributed by atoms with Gasteiger partial charge in [-0.15, -0.1) is 0 Å². The number of halogens is 2. The molecule has 0 spiro atoms. The predicted octanol–water partition coefficient (Wildman–Crippen LogP) is 5.00. The second kappa shape index (κ2) is 10.6. The molecule has 0 bridgehead atoms. The van der Waals surface area contributed by atoms with Crippen molar-refractivity contribution in [1.29, 1.82) is 0 Å². The number of amides is 2. The summed E-state index contributed by atoms with van der Waals surface area (Å²) in [5, 5.41) is 7.62. The molecule has 0 saturated carbocycles. The Hall–Kier alpha value is -3.15. The van der Waals surface area contributed by atoms with Crippen LogP contribution >= 0.6 is 23.2 Å². The minimum Gasteiger partial charge on any atom is -0.345 e. The molecule has 0 aliphatic heterocycles. The fourth-order valence-electron chi connectivity index (χ4n) is 2.79. The number of carbonyl (C=O) groups excluding carboxylic acids is 2. The van der Waals surface area contributed by atoms with E-state index in [0.717, 1.165) is 5.56 Å². The molecule has 0 aliphatic carbocycles. The average molecular weight is 440 g/mol. The van der Waals surface area contributed by atoms with Crippen molar-refractivity contribution in [3.63, 3.8) is 0 Å². The van der Waals surface area contributed by atoms with Crippen LogP contribution in [0, 0.1) is 0 Å². The monoisotopic (exact) mass is 439 g/mol. The maximum Gasteiger partial charge on any atom is 0.251 e. The molecule has 7 heteroatoms. The van der Waals surface area contributed by atoms with Gasteiger partial charge in [-0.3, -0.25) is 9.59 Å². The van der Waals surface area contributed by atoms with Crippen LogP contribution in [-0.2, 0) is 4.79 Å². The molecule has 3 aromatic carbocycles. The van der Waals surface area contributed by atoms with Gasteiger partial charge in [-0.1, -0.05) is 83.9 Å². The van der Waals surface area contributed by atoms with Gasteiger partial charge in [0.2, 0.25) is 5.91 Å². The van der Waals surface area contributed by atoms with Gasteiger partial charge in [0.15, 0.2) is 0 Å². The molecule has 30 heavy (non-hydrogen) atoms. The van der Waals surface area contributed by atoms with E-state index in [-0.39, 0.29) is 18.2 Å². The molecule has 2 amide bonds. The highest BCUT2D eigenvalue weighted by molar-refractivity contribution is 6.43. The number of benzene rings is 3. The number of rotatable bonds is 7. The zero-order chi connectivity index (χ0) is 21.3. The highest BCUT2D eigenvalue weighted by atomic mass is 35.5. The second-order valence-electron chi connectivity index (χ2n) is 6.44. The van der Waals surface area contributed by atoms with Gasteiger partial charge in [0.05, 0.1) is 28.7 Å². The van der Waals surface area contributed by atoms with Gasteiger partial charge < -0.3 is 5.32 Å². The Morgan fingerprint density at radius 2 is 1.57 bits per heavy atom. The summed E-state index contributed by atoms with van der Waals surface area (Å²) in [5.74, 6) is -0.613. The first kappa shape index (κ1) is 21.6. The van der Waals surface area contributed by atoms with Gasteiger partial charge in [-0.2, -0.15) is 5.10 Å². The third kappa shape index (κ3) is 5.92. The van der Waals surface area contributed by atoms with E-state index in [9.17, 15) is 9.59 Å². The first-order valence-corrected chi connectivity index (χ1v) is 9.97. The second-order valence-corrected chi connectivity index (χ2v) is 7.23. The zero-order valence-corrected chi connectivity index (χ0v) is 17.4. The lowest BCUT2D eigenvalue weighted by atomic mass is 10.0. The van der Waals surface area contributed by atoms with Crippen molar-refractivity contribution < 1.29 is 9.59 Å². The molecule has 0 aliphatic rings. The van der Waals surface area contributed by atoms with E-state index in [1.807, 2.05) is 36.4 Å². The van der Waals surface area contributed by atoms with Crippen LogP contribution in [0.25, 0.3) is 0 Å². The van der Waals surface area contributed by atoms with Crippen molar-refractivity contribution in [2.45, 2.75) is 12.5 Å². The van der Waals surface area contributed by atoms with Gasteiger partial charge in [0.1, 0.15) is 0 Å². The Bertz CT molecular complexity index is 1040. The molecule has 0 heterocycles. The molecule has 0 aromatic heterocycles. The smallest absolute Gasteiger partial charge is 0.251 e. The van der Waals surface area contributed by atoms with Crippen molar-refractivity contribution >= 4 is 41.2 Å². The number of carbonyl (C=O) groups is 2. The van der Waals surface area contributed by atoms with Gasteiger partial charge in [0, 0.05) is 11.1 Å². The standard InChI is InChI=1S/C23H19Cl2N3O2/c24-19-13-7-12-18(22(19)25)15-26-28-21(29)14-20(16-8-3-1-4-9-16)27-23(30)17-10-5-2-6-11-17/h1-13,15,20H,14H2,(H,27,30)(H,28,29)/b26-15-/t20-/m0/s1. The van der Waals surface area contributed by atoms with Crippen LogP contribution in [0.15, 0.2) is 84.0 Å².